The van der Waals surface area contributed by atoms with Gasteiger partial charge in [0.05, 0.1) is 0 Å². The number of benzene rings is 1. The minimum Gasteiger partial charge on any atom is -0.480 e. The van der Waals surface area contributed by atoms with Gasteiger partial charge in [0.2, 0.25) is 0 Å². The van der Waals surface area contributed by atoms with Gasteiger partial charge < -0.3 is 15.7 Å². The first-order valence-electron chi connectivity index (χ1n) is 6.44. The molecule has 0 aliphatic carbocycles. The van der Waals surface area contributed by atoms with E-state index in [4.69, 9.17) is 5.11 Å². The van der Waals surface area contributed by atoms with Crippen LogP contribution < -0.4 is 10.6 Å². The predicted octanol–water partition coefficient (Wildman–Crippen LogP) is 1.78. The minimum atomic E-state index is -1.000. The summed E-state index contributed by atoms with van der Waals surface area (Å²) in [4.78, 5) is 22.4. The fourth-order valence-corrected chi connectivity index (χ4v) is 1.72. The molecule has 0 fully saturated rings. The molecule has 1 aromatic carbocycles. The van der Waals surface area contributed by atoms with Gasteiger partial charge in [-0.05, 0) is 18.4 Å². The van der Waals surface area contributed by atoms with Gasteiger partial charge in [-0.25, -0.2) is 9.59 Å². The molecule has 2 amide bonds. The molecule has 1 rings (SSSR count). The summed E-state index contributed by atoms with van der Waals surface area (Å²) in [6, 6.07) is 8.53. The number of carboxylic acid groups (broad SMARTS) is 1. The maximum atomic E-state index is 11.5. The largest absolute Gasteiger partial charge is 0.480 e. The lowest BCUT2D eigenvalue weighted by Crippen LogP contribution is -2.46. The second-order valence-corrected chi connectivity index (χ2v) is 4.32. The zero-order valence-corrected chi connectivity index (χ0v) is 11.1. The molecule has 0 spiro atoms. The molecule has 1 unspecified atom stereocenters. The van der Waals surface area contributed by atoms with Gasteiger partial charge in [0, 0.05) is 6.54 Å². The number of hydrogen-bond donors (Lipinski definition) is 3. The third-order valence-corrected chi connectivity index (χ3v) is 2.72. The molecule has 0 heterocycles. The molecule has 5 heteroatoms. The van der Waals surface area contributed by atoms with Crippen molar-refractivity contribution in [2.24, 2.45) is 0 Å². The van der Waals surface area contributed by atoms with Crippen molar-refractivity contribution in [3.8, 4) is 0 Å². The lowest BCUT2D eigenvalue weighted by Gasteiger charge is -2.14. The fraction of sp³-hybridized carbons (Fsp3) is 0.429. The third kappa shape index (κ3) is 5.90. The van der Waals surface area contributed by atoms with Crippen LogP contribution in [0.2, 0.25) is 0 Å². The summed E-state index contributed by atoms with van der Waals surface area (Å²) in [7, 11) is 0. The van der Waals surface area contributed by atoms with Crippen molar-refractivity contribution in [2.45, 2.75) is 32.2 Å². The molecule has 1 aromatic rings. The molecule has 0 radical (unpaired) electrons. The first kappa shape index (κ1) is 15.0. The highest BCUT2D eigenvalue weighted by Crippen LogP contribution is 1.99. The van der Waals surface area contributed by atoms with E-state index in [1.807, 2.05) is 37.3 Å². The maximum Gasteiger partial charge on any atom is 0.326 e. The summed E-state index contributed by atoms with van der Waals surface area (Å²) < 4.78 is 0. The number of carboxylic acids is 1. The lowest BCUT2D eigenvalue weighted by molar-refractivity contribution is -0.139. The summed E-state index contributed by atoms with van der Waals surface area (Å²) in [6.07, 6.45) is 1.86. The van der Waals surface area contributed by atoms with Crippen molar-refractivity contribution in [2.75, 3.05) is 6.54 Å². The summed E-state index contributed by atoms with van der Waals surface area (Å²) in [5.74, 6) is -1.000. The monoisotopic (exact) mass is 264 g/mol. The summed E-state index contributed by atoms with van der Waals surface area (Å²) in [5.41, 5.74) is 1.13. The van der Waals surface area contributed by atoms with Crippen molar-refractivity contribution < 1.29 is 14.7 Å². The maximum absolute atomic E-state index is 11.5. The van der Waals surface area contributed by atoms with Crippen LogP contribution in [0, 0.1) is 0 Å². The van der Waals surface area contributed by atoms with Crippen LogP contribution in [0.4, 0.5) is 4.79 Å². The van der Waals surface area contributed by atoms with Gasteiger partial charge in [0.25, 0.3) is 0 Å². The van der Waals surface area contributed by atoms with Crippen LogP contribution in [0.1, 0.15) is 25.3 Å². The number of carbonyl (C=O) groups is 2. The Hall–Kier alpha value is -2.04. The van der Waals surface area contributed by atoms with E-state index in [9.17, 15) is 9.59 Å². The van der Waals surface area contributed by atoms with Crippen LogP contribution in [0.15, 0.2) is 30.3 Å². The Morgan fingerprint density at radius 2 is 1.95 bits per heavy atom. The van der Waals surface area contributed by atoms with Crippen molar-refractivity contribution in [1.82, 2.24) is 10.6 Å². The molecule has 0 aromatic heterocycles. The van der Waals surface area contributed by atoms with Crippen LogP contribution in [0.3, 0.4) is 0 Å². The van der Waals surface area contributed by atoms with E-state index < -0.39 is 18.0 Å². The van der Waals surface area contributed by atoms with Gasteiger partial charge in [-0.15, -0.1) is 0 Å². The number of carbonyl (C=O) groups excluding carboxylic acids is 1. The second kappa shape index (κ2) is 8.13. The SMILES string of the molecule is CCCC(NC(=O)NCCc1ccccc1)C(=O)O. The second-order valence-electron chi connectivity index (χ2n) is 4.32. The molecule has 0 aliphatic heterocycles. The Bertz CT molecular complexity index is 406. The van der Waals surface area contributed by atoms with Gasteiger partial charge in [0.15, 0.2) is 0 Å². The van der Waals surface area contributed by atoms with Crippen molar-refractivity contribution in [3.05, 3.63) is 35.9 Å². The Morgan fingerprint density at radius 3 is 2.53 bits per heavy atom. The normalized spacial score (nSPS) is 11.6. The highest BCUT2D eigenvalue weighted by Gasteiger charge is 2.18. The molecule has 104 valence electrons. The third-order valence-electron chi connectivity index (χ3n) is 2.72. The Balaban J connectivity index is 2.29. The van der Waals surface area contributed by atoms with Crippen molar-refractivity contribution in [1.29, 1.82) is 0 Å². The lowest BCUT2D eigenvalue weighted by atomic mass is 10.1. The summed E-state index contributed by atoms with van der Waals surface area (Å²) in [6.45, 7) is 2.36. The molecule has 5 nitrogen and oxygen atoms in total. The summed E-state index contributed by atoms with van der Waals surface area (Å²) >= 11 is 0. The predicted molar refractivity (Wildman–Crippen MR) is 73.0 cm³/mol. The molecular weight excluding hydrogens is 244 g/mol. The number of amides is 2. The van der Waals surface area contributed by atoms with E-state index >= 15 is 0 Å². The molecule has 0 saturated carbocycles. The van der Waals surface area contributed by atoms with E-state index in [1.54, 1.807) is 0 Å². The van der Waals surface area contributed by atoms with Crippen molar-refractivity contribution in [3.63, 3.8) is 0 Å². The topological polar surface area (TPSA) is 78.4 Å². The minimum absolute atomic E-state index is 0.432. The Kier molecular flexibility index (Phi) is 6.43. The van der Waals surface area contributed by atoms with Crippen molar-refractivity contribution >= 4 is 12.0 Å². The van der Waals surface area contributed by atoms with Crippen LogP contribution in [-0.4, -0.2) is 29.7 Å². The van der Waals surface area contributed by atoms with Gasteiger partial charge in [-0.1, -0.05) is 43.7 Å². The van der Waals surface area contributed by atoms with Gasteiger partial charge in [0.1, 0.15) is 6.04 Å². The summed E-state index contributed by atoms with van der Waals surface area (Å²) in [5, 5.41) is 14.0. The van der Waals surface area contributed by atoms with Gasteiger partial charge in [-0.2, -0.15) is 0 Å². The van der Waals surface area contributed by atoms with E-state index in [-0.39, 0.29) is 0 Å². The number of hydrogen-bond acceptors (Lipinski definition) is 2. The van der Waals surface area contributed by atoms with E-state index in [0.29, 0.717) is 19.4 Å². The first-order chi connectivity index (χ1) is 9.13. The van der Waals surface area contributed by atoms with Gasteiger partial charge >= 0.3 is 12.0 Å². The Morgan fingerprint density at radius 1 is 1.26 bits per heavy atom. The average Bonchev–Trinajstić information content (AvgIpc) is 2.39. The smallest absolute Gasteiger partial charge is 0.326 e. The zero-order valence-electron chi connectivity index (χ0n) is 11.1. The van der Waals surface area contributed by atoms with Crippen LogP contribution in [0.5, 0.6) is 0 Å². The highest BCUT2D eigenvalue weighted by atomic mass is 16.4. The molecule has 19 heavy (non-hydrogen) atoms. The van der Waals surface area contributed by atoms with E-state index in [1.165, 1.54) is 0 Å². The highest BCUT2D eigenvalue weighted by molar-refractivity contribution is 5.82. The molecule has 3 N–H and O–H groups in total. The van der Waals surface area contributed by atoms with Gasteiger partial charge in [-0.3, -0.25) is 0 Å². The zero-order chi connectivity index (χ0) is 14.1. The number of rotatable bonds is 7. The van der Waals surface area contributed by atoms with Crippen LogP contribution in [-0.2, 0) is 11.2 Å². The average molecular weight is 264 g/mol. The van der Waals surface area contributed by atoms with Crippen LogP contribution >= 0.6 is 0 Å². The van der Waals surface area contributed by atoms with E-state index in [2.05, 4.69) is 10.6 Å². The quantitative estimate of drug-likeness (QED) is 0.702. The molecular formula is C14H20N2O3. The van der Waals surface area contributed by atoms with E-state index in [0.717, 1.165) is 12.0 Å². The number of nitrogens with one attached hydrogen (secondary N) is 2. The number of urea groups is 1. The molecule has 0 bridgehead atoms. The first-order valence-corrected chi connectivity index (χ1v) is 6.44. The number of aliphatic carboxylic acids is 1. The molecule has 0 aliphatic rings. The standard InChI is InChI=1S/C14H20N2O3/c1-2-6-12(13(17)18)16-14(19)15-10-9-11-7-4-3-5-8-11/h3-5,7-8,12H,2,6,9-10H2,1H3,(H,17,18)(H2,15,16,19). The van der Waals surface area contributed by atoms with Crippen LogP contribution in [0.25, 0.3) is 0 Å². The molecule has 0 saturated heterocycles. The Labute approximate surface area is 113 Å². The molecule has 1 atom stereocenters. The fourth-order valence-electron chi connectivity index (χ4n) is 1.72.